The van der Waals surface area contributed by atoms with Crippen LogP contribution in [0, 0.1) is 11.8 Å². The van der Waals surface area contributed by atoms with Crippen LogP contribution in [-0.2, 0) is 46.0 Å². The Morgan fingerprint density at radius 3 is 1.83 bits per heavy atom. The fourth-order valence-electron chi connectivity index (χ4n) is 5.96. The molecule has 0 radical (unpaired) electrons. The summed E-state index contributed by atoms with van der Waals surface area (Å²) in [7, 11) is -2.40. The van der Waals surface area contributed by atoms with Gasteiger partial charge in [-0.3, -0.25) is 14.6 Å². The van der Waals surface area contributed by atoms with Crippen molar-refractivity contribution >= 4 is 40.1 Å². The number of methoxy groups -OCH3 is 2. The van der Waals surface area contributed by atoms with Gasteiger partial charge in [-0.1, -0.05) is 11.8 Å². The summed E-state index contributed by atoms with van der Waals surface area (Å²) in [6.45, 7) is 0.841. The third kappa shape index (κ3) is 26.6. The molecule has 0 saturated carbocycles. The number of nitrogens with zero attached hydrogens (tertiary/aromatic N) is 7. The Bertz CT molecular complexity index is 2360. The molecule has 0 aliphatic carbocycles. The van der Waals surface area contributed by atoms with E-state index in [-0.39, 0.29) is 260 Å². The van der Waals surface area contributed by atoms with Gasteiger partial charge in [-0.15, -0.1) is 0 Å². The van der Waals surface area contributed by atoms with Crippen molar-refractivity contribution in [3.63, 3.8) is 0 Å². The molecule has 24 nitrogen and oxygen atoms in total. The van der Waals surface area contributed by atoms with Gasteiger partial charge in [0, 0.05) is 89.8 Å². The minimum atomic E-state index is -4.18. The topological polar surface area (TPSA) is 326 Å². The summed E-state index contributed by atoms with van der Waals surface area (Å²) in [6, 6.07) is 9.25. The number of hydrogen-bond acceptors (Lipinski definition) is 21. The number of carbonyl (C=O) groups excluding carboxylic acids is 4. The van der Waals surface area contributed by atoms with E-state index in [0.29, 0.717) is 11.3 Å². The molecule has 0 aliphatic rings. The van der Waals surface area contributed by atoms with Gasteiger partial charge in [0.15, 0.2) is 17.9 Å². The monoisotopic (exact) mass is 1090 g/mol. The zero-order valence-corrected chi connectivity index (χ0v) is 53.9. The number of aromatic nitrogens is 5. The van der Waals surface area contributed by atoms with Gasteiger partial charge >= 0.3 is 148 Å². The van der Waals surface area contributed by atoms with Crippen molar-refractivity contribution in [2.75, 3.05) is 86.6 Å². The Morgan fingerprint density at radius 2 is 1.32 bits per heavy atom. The quantitative estimate of drug-likeness (QED) is 0.0212. The van der Waals surface area contributed by atoms with Crippen molar-refractivity contribution in [3.8, 4) is 35.0 Å². The number of pyridine rings is 1. The number of benzene rings is 1. The van der Waals surface area contributed by atoms with Gasteiger partial charge < -0.3 is 68.3 Å². The van der Waals surface area contributed by atoms with E-state index in [4.69, 9.17) is 28.5 Å². The Kier molecular flexibility index (Phi) is 39.6. The van der Waals surface area contributed by atoms with Gasteiger partial charge in [0.25, 0.3) is 5.91 Å². The first-order chi connectivity index (χ1) is 32.0. The summed E-state index contributed by atoms with van der Waals surface area (Å²) in [5, 5.41) is 45.7. The molecular formula is C41H50N8Na5O16P2+. The molecular weight excluding hydrogens is 1040 g/mol. The predicted molar refractivity (Wildman–Crippen MR) is 227 cm³/mol. The van der Waals surface area contributed by atoms with E-state index in [1.807, 2.05) is 0 Å². The number of ether oxygens (including phenoxy) is 4. The molecule has 31 heteroatoms. The van der Waals surface area contributed by atoms with Crippen LogP contribution < -0.4 is 188 Å². The second kappa shape index (κ2) is 38.8. The number of carboxylic acid groups (broad SMARTS) is 3. The number of carbonyl (C=O) groups is 4. The maximum Gasteiger partial charge on any atom is 1.00 e. The number of amides is 1. The molecule has 1 amide bonds. The van der Waals surface area contributed by atoms with Crippen LogP contribution in [0.3, 0.4) is 0 Å². The molecule has 1 aromatic carbocycles. The van der Waals surface area contributed by atoms with Crippen LogP contribution >= 0.6 is 16.3 Å². The minimum absolute atomic E-state index is 0. The summed E-state index contributed by atoms with van der Waals surface area (Å²) < 4.78 is 34.7. The van der Waals surface area contributed by atoms with Crippen LogP contribution in [0.1, 0.15) is 52.6 Å². The number of aliphatic carboxylic acids is 3. The fraction of sp³-hybridized carbons (Fsp3) is 0.439. The average Bonchev–Trinajstić information content (AvgIpc) is 3.94. The SMILES string of the molecule is CCOP([O-])CN(CC(=O)[O-])Cc1ccn(-c2cc(C#Cc3cc(OCCOC)c(C(=O)NCCCC(=O)[O-])cc3OCCOC)cc(-n3ccc(CN(CC(=O)[O-])C[P+]([O-])(O)OC)n3)n2)n1.[Na+].[Na+].[Na+].[Na+].[Na+]. The summed E-state index contributed by atoms with van der Waals surface area (Å²) in [5.74, 6) is 2.13. The first kappa shape index (κ1) is 73.4. The molecule has 3 aromatic heterocycles. The van der Waals surface area contributed by atoms with Crippen LogP contribution in [0.25, 0.3) is 11.6 Å². The third-order valence-corrected chi connectivity index (χ3v) is 11.4. The predicted octanol–water partition coefficient (Wildman–Crippen LogP) is -18.3. The number of nitrogens with one attached hydrogen (secondary N) is 1. The third-order valence-electron chi connectivity index (χ3n) is 8.89. The van der Waals surface area contributed by atoms with E-state index in [2.05, 4.69) is 31.9 Å². The van der Waals surface area contributed by atoms with Gasteiger partial charge in [0.2, 0.25) is 7.94 Å². The average molecular weight is 1090 g/mol. The Hall–Kier alpha value is -0.670. The van der Waals surface area contributed by atoms with Crippen molar-refractivity contribution in [1.29, 1.82) is 0 Å². The van der Waals surface area contributed by atoms with Gasteiger partial charge in [-0.25, -0.2) is 23.8 Å². The second-order valence-corrected chi connectivity index (χ2v) is 17.3. The number of carboxylic acids is 3. The van der Waals surface area contributed by atoms with Crippen LogP contribution in [0.4, 0.5) is 0 Å². The van der Waals surface area contributed by atoms with Crippen LogP contribution in [0.5, 0.6) is 11.5 Å². The van der Waals surface area contributed by atoms with Crippen molar-refractivity contribution in [2.24, 2.45) is 0 Å². The van der Waals surface area contributed by atoms with Crippen LogP contribution in [-0.4, -0.2) is 150 Å². The number of rotatable bonds is 30. The van der Waals surface area contributed by atoms with Crippen LogP contribution in [0.15, 0.2) is 48.8 Å². The summed E-state index contributed by atoms with van der Waals surface area (Å²) in [4.78, 5) is 89.3. The molecule has 3 heterocycles. The standard InChI is InChI=1S/C41H53N8O16P2.5Na/c1-5-65-66(57)27-46(25-39(52)53)23-31-10-13-48(44-31)36-19-29(20-37(43-36)49-14-11-32(45-49)24-47(26-40(54)55)28-67(58,59)62-4)8-9-30-21-35(64-18-16-61-3)33(22-34(30)63-17-15-60-2)41(56)42-12-6-7-38(50)51;;;;;/h10-11,13-14,19-22H,5-7,12,15-18,23-28H2,1-4H3,(H,42,56)(H,50,51)(H,52,53)(H,54,55)(H,58,59);;;;;/q-1;5*+1/p-3. The smallest absolute Gasteiger partial charge is 0.807 e. The Balaban J connectivity index is 0. The molecule has 4 rings (SSSR count). The normalized spacial score (nSPS) is 11.7. The summed E-state index contributed by atoms with van der Waals surface area (Å²) in [6.07, 6.45) is 2.12. The van der Waals surface area contributed by atoms with E-state index in [1.54, 1.807) is 31.3 Å². The number of hydrogen-bond donors (Lipinski definition) is 2. The van der Waals surface area contributed by atoms with Crippen LogP contribution in [0.2, 0.25) is 0 Å². The molecule has 72 heavy (non-hydrogen) atoms. The molecule has 364 valence electrons. The zero-order valence-electron chi connectivity index (χ0n) is 42.1. The maximum atomic E-state index is 13.4. The summed E-state index contributed by atoms with van der Waals surface area (Å²) in [5.41, 5.74) is 1.34. The summed E-state index contributed by atoms with van der Waals surface area (Å²) >= 11 is 0. The van der Waals surface area contributed by atoms with Gasteiger partial charge in [-0.2, -0.15) is 10.2 Å². The second-order valence-electron chi connectivity index (χ2n) is 14.2. The Labute approximate surface area is 529 Å². The Morgan fingerprint density at radius 1 is 0.778 bits per heavy atom. The molecule has 0 aliphatic heterocycles. The fourth-order valence-corrected chi connectivity index (χ4v) is 7.68. The molecule has 0 spiro atoms. The minimum Gasteiger partial charge on any atom is -0.807 e. The molecule has 4 aromatic rings. The van der Waals surface area contributed by atoms with Gasteiger partial charge in [0.1, 0.15) is 24.7 Å². The van der Waals surface area contributed by atoms with E-state index in [1.165, 1.54) is 52.9 Å². The first-order valence-corrected chi connectivity index (χ1v) is 23.5. The van der Waals surface area contributed by atoms with E-state index in [9.17, 15) is 49.2 Å². The molecule has 2 unspecified atom stereocenters. The van der Waals surface area contributed by atoms with E-state index in [0.717, 1.165) is 12.0 Å². The van der Waals surface area contributed by atoms with Crippen molar-refractivity contribution in [3.05, 3.63) is 76.9 Å². The van der Waals surface area contributed by atoms with Crippen molar-refractivity contribution in [1.82, 2.24) is 39.7 Å². The van der Waals surface area contributed by atoms with Gasteiger partial charge in [-0.05, 0) is 58.5 Å². The largest absolute Gasteiger partial charge is 1.00 e. The molecule has 2 atom stereocenters. The molecule has 0 fully saturated rings. The van der Waals surface area contributed by atoms with Crippen molar-refractivity contribution < 1.29 is 225 Å². The van der Waals surface area contributed by atoms with E-state index < -0.39 is 59.5 Å². The maximum absolute atomic E-state index is 13.4. The van der Waals surface area contributed by atoms with E-state index >= 15 is 0 Å². The first-order valence-electron chi connectivity index (χ1n) is 20.4. The molecule has 2 N–H and O–H groups in total. The zero-order chi connectivity index (χ0) is 48.9. The van der Waals surface area contributed by atoms with Gasteiger partial charge in [0.05, 0.1) is 54.8 Å². The molecule has 0 saturated heterocycles. The molecule has 0 bridgehead atoms. The van der Waals surface area contributed by atoms with Crippen molar-refractivity contribution in [2.45, 2.75) is 32.9 Å².